The van der Waals surface area contributed by atoms with Gasteiger partial charge in [-0.1, -0.05) is 43.6 Å². The molecule has 0 saturated heterocycles. The maximum absolute atomic E-state index is 6.37. The summed E-state index contributed by atoms with van der Waals surface area (Å²) in [4.78, 5) is 0. The lowest BCUT2D eigenvalue weighted by Gasteiger charge is -2.18. The molecule has 1 heterocycles. The summed E-state index contributed by atoms with van der Waals surface area (Å²) in [6.07, 6.45) is 0. The molecule has 1 unspecified atom stereocenters. The Morgan fingerprint density at radius 3 is 2.45 bits per heavy atom. The molecule has 0 aliphatic carbocycles. The first-order valence-corrected chi connectivity index (χ1v) is 7.13. The minimum atomic E-state index is -0.144. The summed E-state index contributed by atoms with van der Waals surface area (Å²) < 4.78 is 5.71. The molecule has 2 aromatic rings. The fourth-order valence-corrected chi connectivity index (χ4v) is 2.72. The zero-order valence-corrected chi connectivity index (χ0v) is 12.4. The molecule has 20 heavy (non-hydrogen) atoms. The third-order valence-corrected chi connectivity index (χ3v) is 4.16. The quantitative estimate of drug-likeness (QED) is 0.904. The Hall–Kier alpha value is -1.51. The van der Waals surface area contributed by atoms with Crippen LogP contribution in [-0.4, -0.2) is 6.61 Å². The highest BCUT2D eigenvalue weighted by molar-refractivity contribution is 6.30. The van der Waals surface area contributed by atoms with Crippen LogP contribution in [0.15, 0.2) is 42.5 Å². The third-order valence-electron chi connectivity index (χ3n) is 3.91. The second-order valence-electron chi connectivity index (χ2n) is 5.96. The Labute approximate surface area is 124 Å². The van der Waals surface area contributed by atoms with E-state index < -0.39 is 0 Å². The number of halogens is 1. The van der Waals surface area contributed by atoms with E-state index in [0.717, 1.165) is 28.5 Å². The minimum Gasteiger partial charge on any atom is -0.492 e. The van der Waals surface area contributed by atoms with Gasteiger partial charge in [0.1, 0.15) is 5.75 Å². The molecule has 1 aliphatic heterocycles. The Kier molecular flexibility index (Phi) is 3.23. The topological polar surface area (TPSA) is 35.2 Å². The molecule has 2 aromatic carbocycles. The Bertz CT molecular complexity index is 634. The lowest BCUT2D eigenvalue weighted by molar-refractivity contribution is 0.291. The molecule has 1 atom stereocenters. The first kappa shape index (κ1) is 13.5. The average Bonchev–Trinajstić information content (AvgIpc) is 2.74. The van der Waals surface area contributed by atoms with Gasteiger partial charge in [0.25, 0.3) is 0 Å². The maximum Gasteiger partial charge on any atom is 0.123 e. The number of hydrogen-bond acceptors (Lipinski definition) is 2. The smallest absolute Gasteiger partial charge is 0.123 e. The van der Waals surface area contributed by atoms with E-state index in [1.54, 1.807) is 0 Å². The SMILES string of the molecule is CC1(C)COc2ccc(C(N)c3ccc(Cl)cc3)cc21. The summed E-state index contributed by atoms with van der Waals surface area (Å²) in [5, 5.41) is 0.726. The molecule has 0 radical (unpaired) electrons. The normalized spacial score (nSPS) is 17.4. The molecule has 104 valence electrons. The zero-order valence-electron chi connectivity index (χ0n) is 11.7. The summed E-state index contributed by atoms with van der Waals surface area (Å²) in [7, 11) is 0. The van der Waals surface area contributed by atoms with Crippen molar-refractivity contribution in [2.45, 2.75) is 25.3 Å². The highest BCUT2D eigenvalue weighted by Crippen LogP contribution is 2.39. The molecular formula is C17H18ClNO. The number of hydrogen-bond donors (Lipinski definition) is 1. The van der Waals surface area contributed by atoms with Gasteiger partial charge in [0.2, 0.25) is 0 Å². The van der Waals surface area contributed by atoms with Crippen LogP contribution in [0, 0.1) is 0 Å². The zero-order chi connectivity index (χ0) is 14.3. The van der Waals surface area contributed by atoms with Gasteiger partial charge in [0.05, 0.1) is 12.6 Å². The van der Waals surface area contributed by atoms with Gasteiger partial charge in [-0.05, 0) is 35.4 Å². The largest absolute Gasteiger partial charge is 0.492 e. The number of nitrogens with two attached hydrogens (primary N) is 1. The first-order valence-electron chi connectivity index (χ1n) is 6.76. The van der Waals surface area contributed by atoms with Crippen molar-refractivity contribution < 1.29 is 4.74 Å². The van der Waals surface area contributed by atoms with E-state index in [4.69, 9.17) is 22.1 Å². The summed E-state index contributed by atoms with van der Waals surface area (Å²) in [5.74, 6) is 0.974. The molecule has 0 amide bonds. The van der Waals surface area contributed by atoms with Gasteiger partial charge < -0.3 is 10.5 Å². The van der Waals surface area contributed by atoms with Crippen LogP contribution in [0.5, 0.6) is 5.75 Å². The van der Waals surface area contributed by atoms with Crippen molar-refractivity contribution in [2.75, 3.05) is 6.61 Å². The predicted molar refractivity (Wildman–Crippen MR) is 82.4 cm³/mol. The van der Waals surface area contributed by atoms with Crippen molar-refractivity contribution in [3.05, 3.63) is 64.2 Å². The van der Waals surface area contributed by atoms with Gasteiger partial charge >= 0.3 is 0 Å². The van der Waals surface area contributed by atoms with Gasteiger partial charge in [-0.3, -0.25) is 0 Å². The van der Waals surface area contributed by atoms with E-state index in [-0.39, 0.29) is 11.5 Å². The molecule has 3 heteroatoms. The van der Waals surface area contributed by atoms with E-state index in [1.165, 1.54) is 5.56 Å². The molecule has 0 spiro atoms. The second-order valence-corrected chi connectivity index (χ2v) is 6.39. The molecule has 2 nitrogen and oxygen atoms in total. The summed E-state index contributed by atoms with van der Waals surface area (Å²) >= 11 is 5.92. The Morgan fingerprint density at radius 1 is 1.10 bits per heavy atom. The van der Waals surface area contributed by atoms with E-state index in [0.29, 0.717) is 0 Å². The van der Waals surface area contributed by atoms with Crippen molar-refractivity contribution >= 4 is 11.6 Å². The van der Waals surface area contributed by atoms with E-state index in [1.807, 2.05) is 36.4 Å². The number of fused-ring (bicyclic) bond motifs is 1. The fourth-order valence-electron chi connectivity index (χ4n) is 2.59. The molecule has 3 rings (SSSR count). The molecular weight excluding hydrogens is 270 g/mol. The van der Waals surface area contributed by atoms with Crippen molar-refractivity contribution in [3.63, 3.8) is 0 Å². The Balaban J connectivity index is 1.97. The van der Waals surface area contributed by atoms with Crippen molar-refractivity contribution in [1.82, 2.24) is 0 Å². The Morgan fingerprint density at radius 2 is 1.75 bits per heavy atom. The van der Waals surface area contributed by atoms with Crippen LogP contribution in [0.1, 0.15) is 36.6 Å². The standard InChI is InChI=1S/C17H18ClNO/c1-17(2)10-20-15-8-5-12(9-14(15)17)16(19)11-3-6-13(18)7-4-11/h3-9,16H,10,19H2,1-2H3. The van der Waals surface area contributed by atoms with E-state index in [2.05, 4.69) is 19.9 Å². The predicted octanol–water partition coefficient (Wildman–Crippen LogP) is 4.06. The first-order chi connectivity index (χ1) is 9.47. The van der Waals surface area contributed by atoms with Crippen LogP contribution in [0.4, 0.5) is 0 Å². The molecule has 0 aromatic heterocycles. The monoisotopic (exact) mass is 287 g/mol. The van der Waals surface area contributed by atoms with Crippen molar-refractivity contribution in [1.29, 1.82) is 0 Å². The van der Waals surface area contributed by atoms with Gasteiger partial charge in [0.15, 0.2) is 0 Å². The number of rotatable bonds is 2. The van der Waals surface area contributed by atoms with Crippen molar-refractivity contribution in [2.24, 2.45) is 5.73 Å². The van der Waals surface area contributed by atoms with Crippen LogP contribution in [0.25, 0.3) is 0 Å². The highest BCUT2D eigenvalue weighted by Gasteiger charge is 2.32. The fraction of sp³-hybridized carbons (Fsp3) is 0.294. The average molecular weight is 288 g/mol. The van der Waals surface area contributed by atoms with E-state index >= 15 is 0 Å². The number of ether oxygens (including phenoxy) is 1. The molecule has 0 fully saturated rings. The molecule has 1 aliphatic rings. The van der Waals surface area contributed by atoms with Gasteiger partial charge in [-0.2, -0.15) is 0 Å². The molecule has 0 bridgehead atoms. The van der Waals surface area contributed by atoms with Crippen molar-refractivity contribution in [3.8, 4) is 5.75 Å². The summed E-state index contributed by atoms with van der Waals surface area (Å²) in [6, 6.07) is 13.8. The van der Waals surface area contributed by atoms with Crippen LogP contribution in [0.2, 0.25) is 5.02 Å². The lowest BCUT2D eigenvalue weighted by atomic mass is 9.85. The third kappa shape index (κ3) is 2.30. The summed E-state index contributed by atoms with van der Waals surface area (Å²) in [6.45, 7) is 5.11. The molecule has 0 saturated carbocycles. The van der Waals surface area contributed by atoms with Crippen LogP contribution >= 0.6 is 11.6 Å². The second kappa shape index (κ2) is 4.80. The van der Waals surface area contributed by atoms with Gasteiger partial charge in [-0.15, -0.1) is 0 Å². The maximum atomic E-state index is 6.37. The van der Waals surface area contributed by atoms with Gasteiger partial charge in [0, 0.05) is 16.0 Å². The van der Waals surface area contributed by atoms with Crippen LogP contribution < -0.4 is 10.5 Å². The van der Waals surface area contributed by atoms with E-state index in [9.17, 15) is 0 Å². The number of benzene rings is 2. The summed E-state index contributed by atoms with van der Waals surface area (Å²) in [5.41, 5.74) is 9.81. The van der Waals surface area contributed by atoms with Gasteiger partial charge in [-0.25, -0.2) is 0 Å². The lowest BCUT2D eigenvalue weighted by Crippen LogP contribution is -2.19. The highest BCUT2D eigenvalue weighted by atomic mass is 35.5. The minimum absolute atomic E-state index is 0.0467. The van der Waals surface area contributed by atoms with Crippen LogP contribution in [0.3, 0.4) is 0 Å². The van der Waals surface area contributed by atoms with Crippen LogP contribution in [-0.2, 0) is 5.41 Å². The molecule has 2 N–H and O–H groups in total.